The summed E-state index contributed by atoms with van der Waals surface area (Å²) < 4.78 is 11.9. The lowest BCUT2D eigenvalue weighted by Gasteiger charge is -2.17. The van der Waals surface area contributed by atoms with Gasteiger partial charge in [0.15, 0.2) is 11.5 Å². The van der Waals surface area contributed by atoms with Crippen LogP contribution < -0.4 is 9.47 Å². The van der Waals surface area contributed by atoms with Crippen LogP contribution in [0.5, 0.6) is 17.2 Å². The summed E-state index contributed by atoms with van der Waals surface area (Å²) in [4.78, 5) is 13.1. The molecule has 0 unspecified atom stereocenters. The number of benzene rings is 3. The monoisotopic (exact) mass is 372 g/mol. The van der Waals surface area contributed by atoms with Gasteiger partial charge in [-0.05, 0) is 47.9 Å². The van der Waals surface area contributed by atoms with E-state index >= 15 is 0 Å². The van der Waals surface area contributed by atoms with Gasteiger partial charge in [-0.2, -0.15) is 5.26 Å². The van der Waals surface area contributed by atoms with Crippen LogP contribution in [0.1, 0.15) is 5.56 Å². The number of carbonyl (C=O) groups excluding carboxylic acids is 1. The Bertz CT molecular complexity index is 1050. The number of amides is 1. The van der Waals surface area contributed by atoms with Gasteiger partial charge < -0.3 is 14.4 Å². The van der Waals surface area contributed by atoms with Gasteiger partial charge in [0.1, 0.15) is 12.4 Å². The number of carbonyl (C=O) groups is 1. The quantitative estimate of drug-likeness (QED) is 0.572. The second kappa shape index (κ2) is 8.74. The number of nitriles is 1. The van der Waals surface area contributed by atoms with E-state index in [1.807, 2.05) is 54.6 Å². The van der Waals surface area contributed by atoms with Gasteiger partial charge in [0, 0.05) is 12.4 Å². The van der Waals surface area contributed by atoms with Crippen LogP contribution in [-0.2, 0) is 4.79 Å². The minimum atomic E-state index is -0.152. The van der Waals surface area contributed by atoms with Gasteiger partial charge in [-0.25, -0.2) is 0 Å². The molecule has 0 aromatic heterocycles. The Morgan fingerprint density at radius 1 is 1.11 bits per heavy atom. The maximum atomic E-state index is 11.5. The van der Waals surface area contributed by atoms with Gasteiger partial charge >= 0.3 is 0 Å². The molecule has 0 bridgehead atoms. The molecule has 0 aliphatic carbocycles. The van der Waals surface area contributed by atoms with E-state index < -0.39 is 0 Å². The molecule has 0 heterocycles. The molecule has 0 spiro atoms. The molecule has 3 aromatic rings. The maximum absolute atomic E-state index is 11.5. The Balaban J connectivity index is 1.79. The van der Waals surface area contributed by atoms with Crippen LogP contribution in [0.15, 0.2) is 73.3 Å². The van der Waals surface area contributed by atoms with Crippen LogP contribution in [0, 0.1) is 11.3 Å². The van der Waals surface area contributed by atoms with Crippen LogP contribution in [0.4, 0.5) is 0 Å². The normalized spacial score (nSPS) is 10.1. The number of hydrogen-bond donors (Lipinski definition) is 0. The van der Waals surface area contributed by atoms with Crippen molar-refractivity contribution in [2.24, 2.45) is 0 Å². The first kappa shape index (κ1) is 19.0. The minimum absolute atomic E-state index is 0.152. The summed E-state index contributed by atoms with van der Waals surface area (Å²) in [5.74, 6) is 1.70. The zero-order valence-corrected chi connectivity index (χ0v) is 15.6. The Hall–Kier alpha value is -3.78. The minimum Gasteiger partial charge on any atom is -0.488 e. The number of para-hydroxylation sites is 2. The summed E-state index contributed by atoms with van der Waals surface area (Å²) in [7, 11) is 1.70. The molecule has 0 saturated heterocycles. The topological polar surface area (TPSA) is 62.6 Å². The Labute approximate surface area is 164 Å². The summed E-state index contributed by atoms with van der Waals surface area (Å²) in [6.07, 6.45) is 1.27. The first-order valence-corrected chi connectivity index (χ1v) is 8.82. The second-order valence-electron chi connectivity index (χ2n) is 6.17. The van der Waals surface area contributed by atoms with E-state index in [0.29, 0.717) is 36.0 Å². The first-order valence-electron chi connectivity index (χ1n) is 8.82. The molecular formula is C23H20N2O3. The molecule has 5 nitrogen and oxygen atoms in total. The van der Waals surface area contributed by atoms with Crippen molar-refractivity contribution in [3.8, 4) is 23.3 Å². The van der Waals surface area contributed by atoms with E-state index in [-0.39, 0.29) is 5.91 Å². The number of nitrogens with zero attached hydrogens (tertiary/aromatic N) is 2. The van der Waals surface area contributed by atoms with Crippen molar-refractivity contribution in [2.75, 3.05) is 20.2 Å². The van der Waals surface area contributed by atoms with Gasteiger partial charge in [0.2, 0.25) is 5.91 Å². The van der Waals surface area contributed by atoms with Crippen LogP contribution in [0.2, 0.25) is 0 Å². The summed E-state index contributed by atoms with van der Waals surface area (Å²) in [5.41, 5.74) is 0.603. The van der Waals surface area contributed by atoms with Gasteiger partial charge in [0.05, 0.1) is 18.2 Å². The number of ether oxygens (including phenoxy) is 2. The highest BCUT2D eigenvalue weighted by Gasteiger charge is 2.10. The van der Waals surface area contributed by atoms with E-state index in [9.17, 15) is 4.79 Å². The Kier molecular flexibility index (Phi) is 5.93. The van der Waals surface area contributed by atoms with Crippen molar-refractivity contribution in [2.45, 2.75) is 0 Å². The molecule has 28 heavy (non-hydrogen) atoms. The van der Waals surface area contributed by atoms with Crippen LogP contribution in [0.3, 0.4) is 0 Å². The zero-order valence-electron chi connectivity index (χ0n) is 15.6. The van der Waals surface area contributed by atoms with E-state index in [1.54, 1.807) is 13.1 Å². The van der Waals surface area contributed by atoms with Crippen molar-refractivity contribution in [3.63, 3.8) is 0 Å². The molecular weight excluding hydrogens is 352 g/mol. The average molecular weight is 372 g/mol. The predicted octanol–water partition coefficient (Wildman–Crippen LogP) is 4.53. The van der Waals surface area contributed by atoms with Crippen molar-refractivity contribution in [1.82, 2.24) is 4.90 Å². The number of fused-ring (bicyclic) bond motifs is 1. The van der Waals surface area contributed by atoms with E-state index in [0.717, 1.165) is 10.8 Å². The number of rotatable bonds is 7. The Morgan fingerprint density at radius 2 is 1.86 bits per heavy atom. The molecule has 0 aliphatic rings. The van der Waals surface area contributed by atoms with Gasteiger partial charge in [-0.15, -0.1) is 0 Å². The molecule has 0 atom stereocenters. The fraction of sp³-hybridized carbons (Fsp3) is 0.130. The zero-order chi connectivity index (χ0) is 19.9. The predicted molar refractivity (Wildman–Crippen MR) is 109 cm³/mol. The summed E-state index contributed by atoms with van der Waals surface area (Å²) >= 11 is 0. The summed E-state index contributed by atoms with van der Waals surface area (Å²) in [6, 6.07) is 20.7. The third-order valence-corrected chi connectivity index (χ3v) is 4.27. The van der Waals surface area contributed by atoms with Crippen molar-refractivity contribution in [1.29, 1.82) is 5.26 Å². The van der Waals surface area contributed by atoms with E-state index in [1.165, 1.54) is 11.0 Å². The van der Waals surface area contributed by atoms with Crippen LogP contribution in [0.25, 0.3) is 10.8 Å². The average Bonchev–Trinajstić information content (AvgIpc) is 2.74. The highest BCUT2D eigenvalue weighted by atomic mass is 16.5. The highest BCUT2D eigenvalue weighted by Crippen LogP contribution is 2.35. The molecule has 0 saturated carbocycles. The van der Waals surface area contributed by atoms with Crippen molar-refractivity contribution in [3.05, 3.63) is 78.9 Å². The fourth-order valence-electron chi connectivity index (χ4n) is 2.74. The first-order chi connectivity index (χ1) is 13.6. The van der Waals surface area contributed by atoms with E-state index in [2.05, 4.69) is 12.6 Å². The van der Waals surface area contributed by atoms with Crippen LogP contribution in [-0.4, -0.2) is 31.0 Å². The van der Waals surface area contributed by atoms with Gasteiger partial charge in [-0.3, -0.25) is 4.79 Å². The lowest BCUT2D eigenvalue weighted by molar-refractivity contribution is -0.125. The summed E-state index contributed by atoms with van der Waals surface area (Å²) in [5, 5.41) is 10.9. The third kappa shape index (κ3) is 4.30. The molecule has 1 amide bonds. The van der Waals surface area contributed by atoms with Crippen molar-refractivity contribution >= 4 is 16.7 Å². The van der Waals surface area contributed by atoms with Crippen LogP contribution >= 0.6 is 0 Å². The fourth-order valence-corrected chi connectivity index (χ4v) is 2.74. The molecule has 140 valence electrons. The van der Waals surface area contributed by atoms with E-state index in [4.69, 9.17) is 14.7 Å². The SMILES string of the molecule is C=CC(=O)N(C)CCOc1ccccc1Oc1cccc2cc(C#N)ccc12. The van der Waals surface area contributed by atoms with Gasteiger partial charge in [-0.1, -0.05) is 30.8 Å². The third-order valence-electron chi connectivity index (χ3n) is 4.27. The molecule has 0 fully saturated rings. The molecule has 5 heteroatoms. The van der Waals surface area contributed by atoms with Gasteiger partial charge in [0.25, 0.3) is 0 Å². The lowest BCUT2D eigenvalue weighted by Crippen LogP contribution is -2.29. The molecule has 0 N–H and O–H groups in total. The number of hydrogen-bond acceptors (Lipinski definition) is 4. The smallest absolute Gasteiger partial charge is 0.245 e. The van der Waals surface area contributed by atoms with Crippen molar-refractivity contribution < 1.29 is 14.3 Å². The highest BCUT2D eigenvalue weighted by molar-refractivity contribution is 5.89. The maximum Gasteiger partial charge on any atom is 0.245 e. The molecule has 3 aromatic carbocycles. The molecule has 0 aliphatic heterocycles. The molecule has 0 radical (unpaired) electrons. The molecule has 3 rings (SSSR count). The largest absolute Gasteiger partial charge is 0.488 e. The standard InChI is InChI=1S/C23H20N2O3/c1-3-23(26)25(2)13-14-27-21-8-4-5-9-22(21)28-20-10-6-7-18-15-17(16-24)11-12-19(18)20/h3-12,15H,1,13-14H2,2H3. The second-order valence-corrected chi connectivity index (χ2v) is 6.17. The Morgan fingerprint density at radius 3 is 2.61 bits per heavy atom. The number of likely N-dealkylation sites (N-methyl/N-ethyl adjacent to an activating group) is 1. The lowest BCUT2D eigenvalue weighted by atomic mass is 10.1. The summed E-state index contributed by atoms with van der Waals surface area (Å²) in [6.45, 7) is 4.24.